The quantitative estimate of drug-likeness (QED) is 0.704. The summed E-state index contributed by atoms with van der Waals surface area (Å²) in [6.45, 7) is 7.94. The number of anilines is 1. The zero-order valence-electron chi connectivity index (χ0n) is 16.3. The topological polar surface area (TPSA) is 58.6 Å². The minimum absolute atomic E-state index is 0.0388. The molecule has 0 atom stereocenters. The Balaban J connectivity index is 2.19. The summed E-state index contributed by atoms with van der Waals surface area (Å²) < 4.78 is 5.55. The van der Waals surface area contributed by atoms with Crippen LogP contribution in [-0.4, -0.2) is 36.4 Å². The van der Waals surface area contributed by atoms with Gasteiger partial charge in [-0.05, 0) is 50.1 Å². The Morgan fingerprint density at radius 1 is 0.926 bits per heavy atom. The zero-order valence-corrected chi connectivity index (χ0v) is 16.3. The summed E-state index contributed by atoms with van der Waals surface area (Å²) >= 11 is 0. The Morgan fingerprint density at radius 2 is 1.59 bits per heavy atom. The first-order valence-corrected chi connectivity index (χ1v) is 9.53. The molecule has 0 radical (unpaired) electrons. The van der Waals surface area contributed by atoms with Crippen LogP contribution >= 0.6 is 0 Å². The molecule has 0 aliphatic carbocycles. The van der Waals surface area contributed by atoms with Gasteiger partial charge in [-0.15, -0.1) is 0 Å². The fourth-order valence-corrected chi connectivity index (χ4v) is 2.88. The second-order valence-electron chi connectivity index (χ2n) is 6.26. The van der Waals surface area contributed by atoms with Crippen molar-refractivity contribution in [2.45, 2.75) is 33.6 Å². The molecule has 2 aromatic rings. The SMILES string of the molecule is CCCN(CCC)C(=O)c1cccc(C(=O)Nc2ccccc2OCC)c1. The molecule has 27 heavy (non-hydrogen) atoms. The van der Waals surface area contributed by atoms with Gasteiger partial charge in [0.25, 0.3) is 11.8 Å². The third-order valence-electron chi connectivity index (χ3n) is 4.08. The number of rotatable bonds is 9. The van der Waals surface area contributed by atoms with Crippen molar-refractivity contribution in [3.05, 3.63) is 59.7 Å². The van der Waals surface area contributed by atoms with E-state index in [9.17, 15) is 9.59 Å². The minimum atomic E-state index is -0.269. The van der Waals surface area contributed by atoms with E-state index in [4.69, 9.17) is 4.74 Å². The molecule has 0 fully saturated rings. The van der Waals surface area contributed by atoms with Crippen LogP contribution in [0.5, 0.6) is 5.75 Å². The van der Waals surface area contributed by atoms with E-state index in [0.717, 1.165) is 12.8 Å². The Bertz CT molecular complexity index is 768. The van der Waals surface area contributed by atoms with Crippen LogP contribution in [0.3, 0.4) is 0 Å². The van der Waals surface area contributed by atoms with Crippen LogP contribution in [0.15, 0.2) is 48.5 Å². The fraction of sp³-hybridized carbons (Fsp3) is 0.364. The van der Waals surface area contributed by atoms with Gasteiger partial charge in [0, 0.05) is 24.2 Å². The van der Waals surface area contributed by atoms with Gasteiger partial charge in [-0.1, -0.05) is 32.0 Å². The van der Waals surface area contributed by atoms with Crippen LogP contribution in [0.2, 0.25) is 0 Å². The largest absolute Gasteiger partial charge is 0.492 e. The zero-order chi connectivity index (χ0) is 19.6. The van der Waals surface area contributed by atoms with Gasteiger partial charge in [0.1, 0.15) is 5.75 Å². The maximum absolute atomic E-state index is 12.8. The van der Waals surface area contributed by atoms with Crippen LogP contribution in [0.25, 0.3) is 0 Å². The van der Waals surface area contributed by atoms with Crippen molar-refractivity contribution in [2.75, 3.05) is 25.0 Å². The van der Waals surface area contributed by atoms with Crippen molar-refractivity contribution >= 4 is 17.5 Å². The van der Waals surface area contributed by atoms with Crippen LogP contribution in [0.4, 0.5) is 5.69 Å². The van der Waals surface area contributed by atoms with Crippen LogP contribution in [-0.2, 0) is 0 Å². The van der Waals surface area contributed by atoms with E-state index >= 15 is 0 Å². The molecule has 2 amide bonds. The molecule has 2 rings (SSSR count). The van der Waals surface area contributed by atoms with Gasteiger partial charge in [-0.2, -0.15) is 0 Å². The summed E-state index contributed by atoms with van der Waals surface area (Å²) in [5.41, 5.74) is 1.59. The van der Waals surface area contributed by atoms with Gasteiger partial charge in [-0.25, -0.2) is 0 Å². The first-order chi connectivity index (χ1) is 13.1. The normalized spacial score (nSPS) is 10.3. The molecule has 0 heterocycles. The maximum atomic E-state index is 12.8. The van der Waals surface area contributed by atoms with Crippen molar-refractivity contribution in [3.8, 4) is 5.75 Å². The summed E-state index contributed by atoms with van der Waals surface area (Å²) in [4.78, 5) is 27.3. The number of hydrogen-bond acceptors (Lipinski definition) is 3. The highest BCUT2D eigenvalue weighted by atomic mass is 16.5. The molecule has 0 unspecified atom stereocenters. The highest BCUT2D eigenvalue weighted by Crippen LogP contribution is 2.24. The van der Waals surface area contributed by atoms with Gasteiger partial charge >= 0.3 is 0 Å². The van der Waals surface area contributed by atoms with Gasteiger partial charge in [0.05, 0.1) is 12.3 Å². The van der Waals surface area contributed by atoms with Crippen LogP contribution < -0.4 is 10.1 Å². The average molecular weight is 368 g/mol. The van der Waals surface area contributed by atoms with E-state index in [1.807, 2.05) is 30.0 Å². The van der Waals surface area contributed by atoms with Gasteiger partial charge in [0.2, 0.25) is 0 Å². The molecule has 0 aliphatic heterocycles. The molecule has 0 bridgehead atoms. The third-order valence-corrected chi connectivity index (χ3v) is 4.08. The summed E-state index contributed by atoms with van der Waals surface area (Å²) in [5, 5.41) is 2.87. The second-order valence-corrected chi connectivity index (χ2v) is 6.26. The maximum Gasteiger partial charge on any atom is 0.255 e. The molecule has 0 spiro atoms. The number of nitrogens with one attached hydrogen (secondary N) is 1. The van der Waals surface area contributed by atoms with E-state index in [2.05, 4.69) is 19.2 Å². The van der Waals surface area contributed by atoms with E-state index in [1.54, 1.807) is 30.3 Å². The first kappa shape index (κ1) is 20.5. The molecule has 0 saturated heterocycles. The number of hydrogen-bond donors (Lipinski definition) is 1. The number of carbonyl (C=O) groups is 2. The first-order valence-electron chi connectivity index (χ1n) is 9.53. The standard InChI is InChI=1S/C22H28N2O3/c1-4-14-24(15-5-2)22(26)18-11-9-10-17(16-18)21(25)23-19-12-7-8-13-20(19)27-6-3/h7-13,16H,4-6,14-15H2,1-3H3,(H,23,25). The fourth-order valence-electron chi connectivity index (χ4n) is 2.88. The van der Waals surface area contributed by atoms with Gasteiger partial charge < -0.3 is 15.0 Å². The van der Waals surface area contributed by atoms with E-state index in [-0.39, 0.29) is 11.8 Å². The van der Waals surface area contributed by atoms with E-state index in [0.29, 0.717) is 42.3 Å². The lowest BCUT2D eigenvalue weighted by Gasteiger charge is -2.21. The molecule has 0 saturated carbocycles. The lowest BCUT2D eigenvalue weighted by atomic mass is 10.1. The van der Waals surface area contributed by atoms with Gasteiger partial charge in [-0.3, -0.25) is 9.59 Å². The Kier molecular flexibility index (Phi) is 7.86. The minimum Gasteiger partial charge on any atom is -0.492 e. The predicted molar refractivity (Wildman–Crippen MR) is 108 cm³/mol. The number of nitrogens with zero attached hydrogens (tertiary/aromatic N) is 1. The summed E-state index contributed by atoms with van der Waals surface area (Å²) in [6, 6.07) is 14.2. The van der Waals surface area contributed by atoms with Crippen molar-refractivity contribution in [1.82, 2.24) is 4.90 Å². The second kappa shape index (κ2) is 10.4. The summed E-state index contributed by atoms with van der Waals surface area (Å²) in [7, 11) is 0. The molecule has 5 heteroatoms. The van der Waals surface area contributed by atoms with Crippen molar-refractivity contribution < 1.29 is 14.3 Å². The molecule has 5 nitrogen and oxygen atoms in total. The average Bonchev–Trinajstić information content (AvgIpc) is 2.69. The highest BCUT2D eigenvalue weighted by Gasteiger charge is 2.16. The Hall–Kier alpha value is -2.82. The van der Waals surface area contributed by atoms with Crippen molar-refractivity contribution in [1.29, 1.82) is 0 Å². The molecule has 144 valence electrons. The van der Waals surface area contributed by atoms with Gasteiger partial charge in [0.15, 0.2) is 0 Å². The van der Waals surface area contributed by atoms with Crippen LogP contribution in [0, 0.1) is 0 Å². The number of ether oxygens (including phenoxy) is 1. The number of carbonyl (C=O) groups excluding carboxylic acids is 2. The lowest BCUT2D eigenvalue weighted by molar-refractivity contribution is 0.0755. The summed E-state index contributed by atoms with van der Waals surface area (Å²) in [6.07, 6.45) is 1.81. The Labute approximate surface area is 161 Å². The van der Waals surface area contributed by atoms with E-state index in [1.165, 1.54) is 0 Å². The van der Waals surface area contributed by atoms with Crippen molar-refractivity contribution in [3.63, 3.8) is 0 Å². The Morgan fingerprint density at radius 3 is 2.26 bits per heavy atom. The molecule has 2 aromatic carbocycles. The lowest BCUT2D eigenvalue weighted by Crippen LogP contribution is -2.32. The summed E-state index contributed by atoms with van der Waals surface area (Å²) in [5.74, 6) is 0.315. The molecular formula is C22H28N2O3. The van der Waals surface area contributed by atoms with Crippen LogP contribution in [0.1, 0.15) is 54.3 Å². The number of amides is 2. The smallest absolute Gasteiger partial charge is 0.255 e. The predicted octanol–water partition coefficient (Wildman–Crippen LogP) is 4.60. The van der Waals surface area contributed by atoms with E-state index < -0.39 is 0 Å². The number of benzene rings is 2. The molecule has 0 aliphatic rings. The molecule has 1 N–H and O–H groups in total. The number of para-hydroxylation sites is 2. The monoisotopic (exact) mass is 368 g/mol. The highest BCUT2D eigenvalue weighted by molar-refractivity contribution is 6.06. The molecular weight excluding hydrogens is 340 g/mol. The molecule has 0 aromatic heterocycles. The van der Waals surface area contributed by atoms with Crippen molar-refractivity contribution in [2.24, 2.45) is 0 Å². The third kappa shape index (κ3) is 5.58.